The molecule has 0 aliphatic heterocycles. The molecule has 0 unspecified atom stereocenters. The van der Waals surface area contributed by atoms with Gasteiger partial charge in [0.1, 0.15) is 11.6 Å². The van der Waals surface area contributed by atoms with Gasteiger partial charge < -0.3 is 15.4 Å². The van der Waals surface area contributed by atoms with Crippen LogP contribution in [0.2, 0.25) is 0 Å². The summed E-state index contributed by atoms with van der Waals surface area (Å²) < 4.78 is 18.4. The van der Waals surface area contributed by atoms with E-state index in [0.29, 0.717) is 26.1 Å². The Balaban J connectivity index is 1.68. The third kappa shape index (κ3) is 5.98. The third-order valence-corrected chi connectivity index (χ3v) is 3.28. The van der Waals surface area contributed by atoms with Crippen molar-refractivity contribution >= 4 is 6.03 Å². The number of rotatable bonds is 7. The highest BCUT2D eigenvalue weighted by Gasteiger charge is 2.01. The Labute approximate surface area is 135 Å². The predicted octanol–water partition coefficient (Wildman–Crippen LogP) is 3.27. The standard InChI is InChI=1S/C18H21FN2O2/c1-2-23-17-8-6-15(7-9-17)13-21-18(22)20-11-10-14-4-3-5-16(19)12-14/h3-9,12H,2,10-11,13H2,1H3,(H2,20,21,22). The van der Waals surface area contributed by atoms with E-state index in [4.69, 9.17) is 4.74 Å². The Hall–Kier alpha value is -2.56. The topological polar surface area (TPSA) is 50.4 Å². The van der Waals surface area contributed by atoms with Gasteiger partial charge in [-0.05, 0) is 48.7 Å². The van der Waals surface area contributed by atoms with Gasteiger partial charge in [0.2, 0.25) is 0 Å². The first-order valence-electron chi connectivity index (χ1n) is 7.65. The van der Waals surface area contributed by atoms with Crippen molar-refractivity contribution in [1.82, 2.24) is 10.6 Å². The summed E-state index contributed by atoms with van der Waals surface area (Å²) >= 11 is 0. The summed E-state index contributed by atoms with van der Waals surface area (Å²) in [5.41, 5.74) is 1.85. The second kappa shape index (κ2) is 8.78. The highest BCUT2D eigenvalue weighted by molar-refractivity contribution is 5.73. The third-order valence-electron chi connectivity index (χ3n) is 3.28. The van der Waals surface area contributed by atoms with E-state index in [1.165, 1.54) is 12.1 Å². The molecule has 2 rings (SSSR count). The van der Waals surface area contributed by atoms with Crippen LogP contribution >= 0.6 is 0 Å². The van der Waals surface area contributed by atoms with E-state index in [9.17, 15) is 9.18 Å². The van der Waals surface area contributed by atoms with E-state index < -0.39 is 0 Å². The number of amides is 2. The van der Waals surface area contributed by atoms with E-state index >= 15 is 0 Å². The molecule has 0 saturated heterocycles. The van der Waals surface area contributed by atoms with Crippen molar-refractivity contribution in [2.75, 3.05) is 13.2 Å². The van der Waals surface area contributed by atoms with E-state index in [0.717, 1.165) is 16.9 Å². The van der Waals surface area contributed by atoms with Crippen molar-refractivity contribution in [2.45, 2.75) is 19.9 Å². The quantitative estimate of drug-likeness (QED) is 0.824. The van der Waals surface area contributed by atoms with Gasteiger partial charge in [-0.3, -0.25) is 0 Å². The predicted molar refractivity (Wildman–Crippen MR) is 88.0 cm³/mol. The Morgan fingerprint density at radius 2 is 1.87 bits per heavy atom. The molecular formula is C18H21FN2O2. The number of urea groups is 1. The molecule has 5 heteroatoms. The molecule has 2 aromatic carbocycles. The summed E-state index contributed by atoms with van der Waals surface area (Å²) in [7, 11) is 0. The number of nitrogens with one attached hydrogen (secondary N) is 2. The minimum absolute atomic E-state index is 0.240. The van der Waals surface area contributed by atoms with Gasteiger partial charge in [-0.1, -0.05) is 24.3 Å². The number of halogens is 1. The van der Waals surface area contributed by atoms with Crippen LogP contribution in [0.5, 0.6) is 5.75 Å². The van der Waals surface area contributed by atoms with Crippen molar-refractivity contribution in [3.63, 3.8) is 0 Å². The molecule has 0 aliphatic rings. The molecule has 23 heavy (non-hydrogen) atoms. The van der Waals surface area contributed by atoms with Crippen molar-refractivity contribution in [2.24, 2.45) is 0 Å². The van der Waals surface area contributed by atoms with Crippen LogP contribution in [0.1, 0.15) is 18.1 Å². The SMILES string of the molecule is CCOc1ccc(CNC(=O)NCCc2cccc(F)c2)cc1. The molecule has 0 atom stereocenters. The van der Waals surface area contributed by atoms with Crippen LogP contribution in [0, 0.1) is 5.82 Å². The Morgan fingerprint density at radius 3 is 2.57 bits per heavy atom. The van der Waals surface area contributed by atoms with Crippen molar-refractivity contribution in [3.8, 4) is 5.75 Å². The average Bonchev–Trinajstić information content (AvgIpc) is 2.55. The first-order valence-corrected chi connectivity index (χ1v) is 7.65. The number of carbonyl (C=O) groups is 1. The highest BCUT2D eigenvalue weighted by Crippen LogP contribution is 2.11. The molecule has 4 nitrogen and oxygen atoms in total. The zero-order chi connectivity index (χ0) is 16.5. The maximum absolute atomic E-state index is 13.0. The summed E-state index contributed by atoms with van der Waals surface area (Å²) in [5.74, 6) is 0.554. The lowest BCUT2D eigenvalue weighted by molar-refractivity contribution is 0.240. The first-order chi connectivity index (χ1) is 11.2. The monoisotopic (exact) mass is 316 g/mol. The van der Waals surface area contributed by atoms with E-state index in [1.54, 1.807) is 6.07 Å². The number of hydrogen-bond donors (Lipinski definition) is 2. The maximum atomic E-state index is 13.0. The minimum atomic E-state index is -0.262. The Morgan fingerprint density at radius 1 is 1.09 bits per heavy atom. The molecular weight excluding hydrogens is 295 g/mol. The zero-order valence-corrected chi connectivity index (χ0v) is 13.1. The van der Waals surface area contributed by atoms with Gasteiger partial charge in [-0.2, -0.15) is 0 Å². The largest absolute Gasteiger partial charge is 0.494 e. The van der Waals surface area contributed by atoms with Gasteiger partial charge in [-0.25, -0.2) is 9.18 Å². The minimum Gasteiger partial charge on any atom is -0.494 e. The van der Waals surface area contributed by atoms with Crippen LogP contribution in [-0.4, -0.2) is 19.2 Å². The van der Waals surface area contributed by atoms with Crippen molar-refractivity contribution < 1.29 is 13.9 Å². The Kier molecular flexibility index (Phi) is 6.41. The fraction of sp³-hybridized carbons (Fsp3) is 0.278. The van der Waals surface area contributed by atoms with E-state index in [2.05, 4.69) is 10.6 Å². The normalized spacial score (nSPS) is 10.2. The smallest absolute Gasteiger partial charge is 0.315 e. The average molecular weight is 316 g/mol. The van der Waals surface area contributed by atoms with Gasteiger partial charge in [0.15, 0.2) is 0 Å². The molecule has 2 aromatic rings. The molecule has 0 aliphatic carbocycles. The van der Waals surface area contributed by atoms with Crippen LogP contribution in [-0.2, 0) is 13.0 Å². The summed E-state index contributed by atoms with van der Waals surface area (Å²) in [4.78, 5) is 11.7. The van der Waals surface area contributed by atoms with E-state index in [-0.39, 0.29) is 11.8 Å². The first kappa shape index (κ1) is 16.8. The molecule has 0 spiro atoms. The molecule has 2 N–H and O–H groups in total. The summed E-state index contributed by atoms with van der Waals surface area (Å²) in [6, 6.07) is 13.7. The molecule has 0 fully saturated rings. The maximum Gasteiger partial charge on any atom is 0.315 e. The molecule has 0 radical (unpaired) electrons. The fourth-order valence-corrected chi connectivity index (χ4v) is 2.13. The van der Waals surface area contributed by atoms with Crippen molar-refractivity contribution in [3.05, 3.63) is 65.5 Å². The number of benzene rings is 2. The van der Waals surface area contributed by atoms with Crippen LogP contribution in [0.15, 0.2) is 48.5 Å². The number of carbonyl (C=O) groups excluding carboxylic acids is 1. The van der Waals surface area contributed by atoms with Crippen LogP contribution in [0.25, 0.3) is 0 Å². The summed E-state index contributed by atoms with van der Waals surface area (Å²) in [6.45, 7) is 3.46. The molecule has 122 valence electrons. The van der Waals surface area contributed by atoms with Crippen LogP contribution in [0.3, 0.4) is 0 Å². The lowest BCUT2D eigenvalue weighted by Crippen LogP contribution is -2.36. The second-order valence-electron chi connectivity index (χ2n) is 5.07. The van der Waals surface area contributed by atoms with Crippen LogP contribution in [0.4, 0.5) is 9.18 Å². The van der Waals surface area contributed by atoms with Crippen LogP contribution < -0.4 is 15.4 Å². The lowest BCUT2D eigenvalue weighted by atomic mass is 10.1. The second-order valence-corrected chi connectivity index (χ2v) is 5.07. The summed E-state index contributed by atoms with van der Waals surface area (Å²) in [6.07, 6.45) is 0.592. The zero-order valence-electron chi connectivity index (χ0n) is 13.1. The van der Waals surface area contributed by atoms with Crippen molar-refractivity contribution in [1.29, 1.82) is 0 Å². The summed E-state index contributed by atoms with van der Waals surface area (Å²) in [5, 5.41) is 5.54. The van der Waals surface area contributed by atoms with E-state index in [1.807, 2.05) is 37.3 Å². The van der Waals surface area contributed by atoms with Gasteiger partial charge >= 0.3 is 6.03 Å². The molecule has 0 saturated carbocycles. The van der Waals surface area contributed by atoms with Gasteiger partial charge in [-0.15, -0.1) is 0 Å². The number of hydrogen-bond acceptors (Lipinski definition) is 2. The van der Waals surface area contributed by atoms with Gasteiger partial charge in [0.05, 0.1) is 6.61 Å². The molecule has 0 bridgehead atoms. The molecule has 2 amide bonds. The fourth-order valence-electron chi connectivity index (χ4n) is 2.13. The highest BCUT2D eigenvalue weighted by atomic mass is 19.1. The molecule has 0 heterocycles. The van der Waals surface area contributed by atoms with Gasteiger partial charge in [0.25, 0.3) is 0 Å². The number of ether oxygens (including phenoxy) is 1. The molecule has 0 aromatic heterocycles. The Bertz CT molecular complexity index is 629. The lowest BCUT2D eigenvalue weighted by Gasteiger charge is -2.09. The van der Waals surface area contributed by atoms with Gasteiger partial charge in [0, 0.05) is 13.1 Å².